The quantitative estimate of drug-likeness (QED) is 0.286. The van der Waals surface area contributed by atoms with Gasteiger partial charge in [-0.05, 0) is 19.9 Å². The largest absolute Gasteiger partial charge is 0.515 e. The first kappa shape index (κ1) is 11.7. The molecule has 0 amide bonds. The molecule has 4 heteroatoms. The SMILES string of the molecule is C=COC(=O)OC(C=C)OC(C)C. The van der Waals surface area contributed by atoms with Crippen LogP contribution in [-0.2, 0) is 14.2 Å². The molecule has 0 aromatic heterocycles. The summed E-state index contributed by atoms with van der Waals surface area (Å²) in [5.41, 5.74) is 0. The summed E-state index contributed by atoms with van der Waals surface area (Å²) in [6.45, 7) is 10.3. The zero-order chi connectivity index (χ0) is 10.3. The van der Waals surface area contributed by atoms with E-state index < -0.39 is 12.4 Å². The van der Waals surface area contributed by atoms with Gasteiger partial charge in [-0.25, -0.2) is 4.79 Å². The van der Waals surface area contributed by atoms with Crippen molar-refractivity contribution < 1.29 is 19.0 Å². The van der Waals surface area contributed by atoms with Gasteiger partial charge >= 0.3 is 6.16 Å². The molecule has 1 atom stereocenters. The van der Waals surface area contributed by atoms with Gasteiger partial charge in [0.15, 0.2) is 0 Å². The lowest BCUT2D eigenvalue weighted by Gasteiger charge is -2.15. The van der Waals surface area contributed by atoms with Crippen LogP contribution in [0.25, 0.3) is 0 Å². The minimum absolute atomic E-state index is 0.0560. The van der Waals surface area contributed by atoms with Gasteiger partial charge in [0.05, 0.1) is 12.4 Å². The summed E-state index contributed by atoms with van der Waals surface area (Å²) >= 11 is 0. The topological polar surface area (TPSA) is 44.8 Å². The number of rotatable bonds is 5. The van der Waals surface area contributed by atoms with Crippen LogP contribution in [0.15, 0.2) is 25.5 Å². The first-order valence-corrected chi connectivity index (χ1v) is 3.86. The Bertz CT molecular complexity index is 186. The highest BCUT2D eigenvalue weighted by Gasteiger charge is 2.12. The Morgan fingerprint density at radius 2 is 2.00 bits per heavy atom. The second-order valence-electron chi connectivity index (χ2n) is 2.44. The highest BCUT2D eigenvalue weighted by Crippen LogP contribution is 2.02. The number of carbonyl (C=O) groups excluding carboxylic acids is 1. The molecule has 0 bridgehead atoms. The van der Waals surface area contributed by atoms with E-state index in [1.807, 2.05) is 13.8 Å². The van der Waals surface area contributed by atoms with E-state index in [1.165, 1.54) is 6.08 Å². The summed E-state index contributed by atoms with van der Waals surface area (Å²) < 4.78 is 14.1. The maximum Gasteiger partial charge on any atom is 0.515 e. The van der Waals surface area contributed by atoms with Crippen LogP contribution in [0.5, 0.6) is 0 Å². The Morgan fingerprint density at radius 1 is 1.38 bits per heavy atom. The third kappa shape index (κ3) is 5.93. The van der Waals surface area contributed by atoms with Gasteiger partial charge in [-0.15, -0.1) is 0 Å². The average molecular weight is 186 g/mol. The summed E-state index contributed by atoms with van der Waals surface area (Å²) in [7, 11) is 0. The smallest absolute Gasteiger partial charge is 0.404 e. The lowest BCUT2D eigenvalue weighted by atomic mass is 10.5. The number of carbonyl (C=O) groups is 1. The standard InChI is InChI=1S/C9H14O4/c1-5-8(12-7(3)4)13-9(10)11-6-2/h5-8H,1-2H2,3-4H3. The van der Waals surface area contributed by atoms with Gasteiger partial charge < -0.3 is 14.2 Å². The molecule has 0 saturated carbocycles. The molecule has 1 unspecified atom stereocenters. The third-order valence-corrected chi connectivity index (χ3v) is 0.991. The van der Waals surface area contributed by atoms with Crippen molar-refractivity contribution >= 4 is 6.16 Å². The Hall–Kier alpha value is -1.29. The lowest BCUT2D eigenvalue weighted by molar-refractivity contribution is -0.110. The molecule has 0 fully saturated rings. The highest BCUT2D eigenvalue weighted by molar-refractivity contribution is 5.60. The molecule has 74 valence electrons. The van der Waals surface area contributed by atoms with Crippen molar-refractivity contribution in [1.29, 1.82) is 0 Å². The van der Waals surface area contributed by atoms with Crippen LogP contribution >= 0.6 is 0 Å². The summed E-state index contributed by atoms with van der Waals surface area (Å²) in [5.74, 6) is 0. The highest BCUT2D eigenvalue weighted by atomic mass is 16.8. The molecule has 4 nitrogen and oxygen atoms in total. The number of ether oxygens (including phenoxy) is 3. The predicted octanol–water partition coefficient (Wildman–Crippen LogP) is 2.22. The maximum absolute atomic E-state index is 10.8. The average Bonchev–Trinajstić information content (AvgIpc) is 2.02. The van der Waals surface area contributed by atoms with E-state index in [0.717, 1.165) is 6.26 Å². The van der Waals surface area contributed by atoms with Crippen LogP contribution in [0, 0.1) is 0 Å². The molecule has 0 rings (SSSR count). The maximum atomic E-state index is 10.8. The van der Waals surface area contributed by atoms with E-state index in [2.05, 4.69) is 22.6 Å². The van der Waals surface area contributed by atoms with Gasteiger partial charge in [-0.3, -0.25) is 0 Å². The van der Waals surface area contributed by atoms with Crippen molar-refractivity contribution in [2.45, 2.75) is 26.2 Å². The summed E-state index contributed by atoms with van der Waals surface area (Å²) in [4.78, 5) is 10.8. The summed E-state index contributed by atoms with van der Waals surface area (Å²) in [5, 5.41) is 0. The zero-order valence-corrected chi connectivity index (χ0v) is 7.86. The van der Waals surface area contributed by atoms with E-state index in [1.54, 1.807) is 0 Å². The van der Waals surface area contributed by atoms with E-state index in [4.69, 9.17) is 4.74 Å². The molecule has 0 aromatic rings. The molecular weight excluding hydrogens is 172 g/mol. The Labute approximate surface area is 77.8 Å². The predicted molar refractivity (Wildman–Crippen MR) is 48.0 cm³/mol. The third-order valence-electron chi connectivity index (χ3n) is 0.991. The van der Waals surface area contributed by atoms with Gasteiger partial charge in [0.2, 0.25) is 6.29 Å². The normalized spacial score (nSPS) is 11.9. The van der Waals surface area contributed by atoms with E-state index in [-0.39, 0.29) is 6.10 Å². The molecule has 0 aliphatic carbocycles. The van der Waals surface area contributed by atoms with E-state index in [0.29, 0.717) is 0 Å². The molecule has 13 heavy (non-hydrogen) atoms. The molecule has 0 heterocycles. The van der Waals surface area contributed by atoms with Crippen molar-refractivity contribution in [3.05, 3.63) is 25.5 Å². The second kappa shape index (κ2) is 6.25. The van der Waals surface area contributed by atoms with Gasteiger partial charge in [0.25, 0.3) is 0 Å². The van der Waals surface area contributed by atoms with Crippen LogP contribution in [0.4, 0.5) is 4.79 Å². The van der Waals surface area contributed by atoms with Crippen LogP contribution in [-0.4, -0.2) is 18.5 Å². The fraction of sp³-hybridized carbons (Fsp3) is 0.444. The lowest BCUT2D eigenvalue weighted by Crippen LogP contribution is -2.22. The minimum Gasteiger partial charge on any atom is -0.404 e. The fourth-order valence-corrected chi connectivity index (χ4v) is 0.590. The van der Waals surface area contributed by atoms with Crippen molar-refractivity contribution in [3.8, 4) is 0 Å². The van der Waals surface area contributed by atoms with E-state index in [9.17, 15) is 4.79 Å². The van der Waals surface area contributed by atoms with Gasteiger partial charge in [0.1, 0.15) is 0 Å². The first-order valence-electron chi connectivity index (χ1n) is 3.86. The van der Waals surface area contributed by atoms with Crippen LogP contribution in [0.2, 0.25) is 0 Å². The summed E-state index contributed by atoms with van der Waals surface area (Å²) in [6, 6.07) is 0. The molecule has 0 radical (unpaired) electrons. The Kier molecular flexibility index (Phi) is 5.63. The zero-order valence-electron chi connectivity index (χ0n) is 7.86. The molecule has 0 N–H and O–H groups in total. The van der Waals surface area contributed by atoms with Crippen LogP contribution in [0.3, 0.4) is 0 Å². The minimum atomic E-state index is -0.861. The fourth-order valence-electron chi connectivity index (χ4n) is 0.590. The van der Waals surface area contributed by atoms with Crippen molar-refractivity contribution in [2.24, 2.45) is 0 Å². The van der Waals surface area contributed by atoms with Gasteiger partial charge in [0, 0.05) is 0 Å². The molecule has 0 aliphatic heterocycles. The Morgan fingerprint density at radius 3 is 2.38 bits per heavy atom. The van der Waals surface area contributed by atoms with Gasteiger partial charge in [-0.2, -0.15) is 0 Å². The first-order chi connectivity index (χ1) is 6.10. The molecule has 0 aromatic carbocycles. The molecule has 0 aliphatic rings. The van der Waals surface area contributed by atoms with Crippen molar-refractivity contribution in [2.75, 3.05) is 0 Å². The number of hydrogen-bond donors (Lipinski definition) is 0. The Balaban J connectivity index is 3.89. The molecule has 0 saturated heterocycles. The van der Waals surface area contributed by atoms with Crippen LogP contribution < -0.4 is 0 Å². The molecular formula is C9H14O4. The van der Waals surface area contributed by atoms with Crippen molar-refractivity contribution in [3.63, 3.8) is 0 Å². The van der Waals surface area contributed by atoms with E-state index >= 15 is 0 Å². The summed E-state index contributed by atoms with van der Waals surface area (Å²) in [6.07, 6.45) is 0.648. The monoisotopic (exact) mass is 186 g/mol. The number of hydrogen-bond acceptors (Lipinski definition) is 4. The van der Waals surface area contributed by atoms with Crippen LogP contribution in [0.1, 0.15) is 13.8 Å². The molecule has 0 spiro atoms. The van der Waals surface area contributed by atoms with Crippen molar-refractivity contribution in [1.82, 2.24) is 0 Å². The van der Waals surface area contributed by atoms with Gasteiger partial charge in [-0.1, -0.05) is 13.2 Å². The second-order valence-corrected chi connectivity index (χ2v) is 2.44.